The third-order valence-electron chi connectivity index (χ3n) is 4.56. The van der Waals surface area contributed by atoms with Gasteiger partial charge in [-0.1, -0.05) is 53.7 Å². The largest absolute Gasteiger partial charge is 0.285 e. The Bertz CT molecular complexity index is 540. The summed E-state index contributed by atoms with van der Waals surface area (Å²) in [6.45, 7) is 13.4. The third-order valence-corrected chi connectivity index (χ3v) is 10.9. The van der Waals surface area contributed by atoms with Gasteiger partial charge in [-0.2, -0.15) is 0 Å². The van der Waals surface area contributed by atoms with E-state index in [1.807, 2.05) is 0 Å². The molecule has 1 aromatic carbocycles. The zero-order chi connectivity index (χ0) is 16.9. The van der Waals surface area contributed by atoms with Crippen molar-refractivity contribution in [1.82, 2.24) is 0 Å². The molecule has 0 aliphatic carbocycles. The number of rotatable bonds is 5. The standard InChI is InChI=1S/C19H27FOSi/c1-14(2)22(15(3)4,16(5)6)12-11-19(21)13-17-7-9-18(20)10-8-17/h7-10,14-16H,13H2,1-6H3. The predicted molar refractivity (Wildman–Crippen MR) is 93.9 cm³/mol. The Balaban J connectivity index is 2.97. The maximum absolute atomic E-state index is 12.9. The molecule has 0 fully saturated rings. The molecule has 0 atom stereocenters. The molecular formula is C19H27FOSi. The second-order valence-electron chi connectivity index (χ2n) is 6.87. The summed E-state index contributed by atoms with van der Waals surface area (Å²) >= 11 is 0. The normalized spacial score (nSPS) is 11.7. The molecule has 0 heterocycles. The van der Waals surface area contributed by atoms with Gasteiger partial charge < -0.3 is 0 Å². The first-order valence-corrected chi connectivity index (χ1v) is 10.2. The molecular weight excluding hydrogens is 291 g/mol. The molecule has 0 saturated heterocycles. The van der Waals surface area contributed by atoms with Gasteiger partial charge in [-0.25, -0.2) is 4.39 Å². The SMILES string of the molecule is CC(C)[Si](C#CC(=O)Cc1ccc(F)cc1)(C(C)C)C(C)C. The lowest BCUT2D eigenvalue weighted by Crippen LogP contribution is -2.43. The van der Waals surface area contributed by atoms with Crippen LogP contribution in [0.2, 0.25) is 16.6 Å². The summed E-state index contributed by atoms with van der Waals surface area (Å²) in [5.41, 5.74) is 5.78. The number of hydrogen-bond donors (Lipinski definition) is 0. The van der Waals surface area contributed by atoms with Gasteiger partial charge in [-0.3, -0.25) is 4.79 Å². The van der Waals surface area contributed by atoms with Gasteiger partial charge in [0, 0.05) is 6.42 Å². The number of Topliss-reactive ketones (excluding diaryl/α,β-unsaturated/α-hetero) is 1. The second kappa shape index (κ2) is 7.74. The topological polar surface area (TPSA) is 17.1 Å². The van der Waals surface area contributed by atoms with Crippen molar-refractivity contribution in [3.05, 3.63) is 35.6 Å². The Kier molecular flexibility index (Phi) is 6.56. The highest BCUT2D eigenvalue weighted by Crippen LogP contribution is 2.40. The summed E-state index contributed by atoms with van der Waals surface area (Å²) in [6.07, 6.45) is 0.256. The highest BCUT2D eigenvalue weighted by Gasteiger charge is 2.41. The minimum Gasteiger partial charge on any atom is -0.285 e. The highest BCUT2D eigenvalue weighted by atomic mass is 28.3. The third kappa shape index (κ3) is 4.30. The highest BCUT2D eigenvalue weighted by molar-refractivity contribution is 6.90. The molecule has 120 valence electrons. The van der Waals surface area contributed by atoms with E-state index in [-0.39, 0.29) is 18.0 Å². The van der Waals surface area contributed by atoms with Gasteiger partial charge in [-0.05, 0) is 40.2 Å². The molecule has 0 bridgehead atoms. The Labute approximate surface area is 135 Å². The summed E-state index contributed by atoms with van der Waals surface area (Å²) in [5, 5.41) is 0. The summed E-state index contributed by atoms with van der Waals surface area (Å²) in [5.74, 6) is 2.55. The van der Waals surface area contributed by atoms with Gasteiger partial charge >= 0.3 is 0 Å². The van der Waals surface area contributed by atoms with E-state index in [1.54, 1.807) is 12.1 Å². The van der Waals surface area contributed by atoms with Crippen LogP contribution in [-0.2, 0) is 11.2 Å². The smallest absolute Gasteiger partial charge is 0.209 e. The Hall–Kier alpha value is -1.40. The number of benzene rings is 1. The molecule has 1 rings (SSSR count). The van der Waals surface area contributed by atoms with Crippen molar-refractivity contribution in [2.24, 2.45) is 0 Å². The Morgan fingerprint density at radius 2 is 1.45 bits per heavy atom. The Morgan fingerprint density at radius 1 is 1.00 bits per heavy atom. The summed E-state index contributed by atoms with van der Waals surface area (Å²) in [7, 11) is -1.86. The van der Waals surface area contributed by atoms with E-state index >= 15 is 0 Å². The van der Waals surface area contributed by atoms with E-state index in [0.29, 0.717) is 16.6 Å². The fraction of sp³-hybridized carbons (Fsp3) is 0.526. The van der Waals surface area contributed by atoms with E-state index in [4.69, 9.17) is 0 Å². The minimum absolute atomic E-state index is 0.0783. The lowest BCUT2D eigenvalue weighted by molar-refractivity contribution is -0.113. The maximum Gasteiger partial charge on any atom is 0.209 e. The summed E-state index contributed by atoms with van der Waals surface area (Å²) < 4.78 is 12.9. The molecule has 22 heavy (non-hydrogen) atoms. The van der Waals surface area contributed by atoms with Crippen LogP contribution in [0.1, 0.15) is 47.1 Å². The zero-order valence-electron chi connectivity index (χ0n) is 14.5. The van der Waals surface area contributed by atoms with Crippen molar-refractivity contribution >= 4 is 13.9 Å². The van der Waals surface area contributed by atoms with Gasteiger partial charge in [0.15, 0.2) is 0 Å². The molecule has 0 saturated carbocycles. The molecule has 0 N–H and O–H groups in total. The van der Waals surface area contributed by atoms with Gasteiger partial charge in [-0.15, -0.1) is 5.54 Å². The van der Waals surface area contributed by atoms with Gasteiger partial charge in [0.2, 0.25) is 5.78 Å². The van der Waals surface area contributed by atoms with Crippen molar-refractivity contribution in [3.63, 3.8) is 0 Å². The second-order valence-corrected chi connectivity index (χ2v) is 12.5. The molecule has 0 unspecified atom stereocenters. The van der Waals surface area contributed by atoms with Crippen LogP contribution in [-0.4, -0.2) is 13.9 Å². The molecule has 0 radical (unpaired) electrons. The quantitative estimate of drug-likeness (QED) is 0.541. The molecule has 0 aliphatic heterocycles. The van der Waals surface area contributed by atoms with Crippen LogP contribution < -0.4 is 0 Å². The molecule has 1 nitrogen and oxygen atoms in total. The number of carbonyl (C=O) groups is 1. The van der Waals surface area contributed by atoms with E-state index in [9.17, 15) is 9.18 Å². The molecule has 1 aromatic rings. The predicted octanol–water partition coefficient (Wildman–Crippen LogP) is 5.16. The number of carbonyl (C=O) groups excluding carboxylic acids is 1. The zero-order valence-corrected chi connectivity index (χ0v) is 15.5. The van der Waals surface area contributed by atoms with E-state index in [0.717, 1.165) is 5.56 Å². The molecule has 0 amide bonds. The lowest BCUT2D eigenvalue weighted by Gasteiger charge is -2.37. The van der Waals surface area contributed by atoms with E-state index in [1.165, 1.54) is 12.1 Å². The van der Waals surface area contributed by atoms with Crippen molar-refractivity contribution in [1.29, 1.82) is 0 Å². The molecule has 0 aromatic heterocycles. The monoisotopic (exact) mass is 318 g/mol. The average molecular weight is 319 g/mol. The molecule has 3 heteroatoms. The van der Waals surface area contributed by atoms with Crippen LogP contribution >= 0.6 is 0 Å². The first kappa shape index (κ1) is 18.6. The van der Waals surface area contributed by atoms with Crippen molar-refractivity contribution in [2.45, 2.75) is 64.6 Å². The van der Waals surface area contributed by atoms with Crippen LogP contribution in [0.15, 0.2) is 24.3 Å². The van der Waals surface area contributed by atoms with Crippen LogP contribution in [0, 0.1) is 17.3 Å². The van der Waals surface area contributed by atoms with Crippen molar-refractivity contribution in [2.75, 3.05) is 0 Å². The average Bonchev–Trinajstić information content (AvgIpc) is 2.40. The molecule has 0 spiro atoms. The van der Waals surface area contributed by atoms with Crippen LogP contribution in [0.4, 0.5) is 4.39 Å². The van der Waals surface area contributed by atoms with Crippen molar-refractivity contribution in [3.8, 4) is 11.5 Å². The number of halogens is 1. The Morgan fingerprint density at radius 3 is 1.86 bits per heavy atom. The lowest BCUT2D eigenvalue weighted by atomic mass is 10.1. The van der Waals surface area contributed by atoms with E-state index in [2.05, 4.69) is 53.0 Å². The summed E-state index contributed by atoms with van der Waals surface area (Å²) in [6, 6.07) is 6.05. The van der Waals surface area contributed by atoms with Crippen LogP contribution in [0.25, 0.3) is 0 Å². The fourth-order valence-electron chi connectivity index (χ4n) is 3.44. The van der Waals surface area contributed by atoms with Gasteiger partial charge in [0.25, 0.3) is 0 Å². The van der Waals surface area contributed by atoms with Crippen molar-refractivity contribution < 1.29 is 9.18 Å². The number of ketones is 1. The first-order valence-electron chi connectivity index (χ1n) is 8.00. The van der Waals surface area contributed by atoms with Crippen LogP contribution in [0.3, 0.4) is 0 Å². The van der Waals surface area contributed by atoms with Gasteiger partial charge in [0.05, 0.1) is 0 Å². The minimum atomic E-state index is -1.86. The van der Waals surface area contributed by atoms with Crippen LogP contribution in [0.5, 0.6) is 0 Å². The molecule has 0 aliphatic rings. The van der Waals surface area contributed by atoms with E-state index < -0.39 is 8.07 Å². The summed E-state index contributed by atoms with van der Waals surface area (Å²) in [4.78, 5) is 12.2. The number of hydrogen-bond acceptors (Lipinski definition) is 1. The first-order chi connectivity index (χ1) is 10.2. The maximum atomic E-state index is 12.9. The fourth-order valence-corrected chi connectivity index (χ4v) is 8.66. The van der Waals surface area contributed by atoms with Gasteiger partial charge in [0.1, 0.15) is 13.9 Å².